The lowest BCUT2D eigenvalue weighted by atomic mass is 10.1. The molecule has 184 valence electrons. The van der Waals surface area contributed by atoms with E-state index in [2.05, 4.69) is 41.5 Å². The van der Waals surface area contributed by atoms with Crippen molar-refractivity contribution in [2.45, 2.75) is 71.4 Å². The van der Waals surface area contributed by atoms with E-state index < -0.39 is 6.09 Å². The molecule has 0 aliphatic carbocycles. The molecule has 0 aromatic carbocycles. The summed E-state index contributed by atoms with van der Waals surface area (Å²) < 4.78 is 20.3. The lowest BCUT2D eigenvalue weighted by Gasteiger charge is -2.22. The largest absolute Gasteiger partial charge is 0.444 e. The minimum atomic E-state index is -0.431. The van der Waals surface area contributed by atoms with Crippen LogP contribution in [0.5, 0.6) is 0 Å². The third-order valence-corrected chi connectivity index (χ3v) is 5.31. The second-order valence-electron chi connectivity index (χ2n) is 9.72. The minimum Gasteiger partial charge on any atom is -0.444 e. The quantitative estimate of drug-likeness (QED) is 0.537. The number of nitrogens with zero attached hydrogens (tertiary/aromatic N) is 5. The summed E-state index contributed by atoms with van der Waals surface area (Å²) in [6, 6.07) is 3.92. The standard InChI is InChI=1S/C23H33N7O4/c1-14(2)25-22(31)34-16-10-19(33-13-16)17-11-20(30(28-17)23(3,4)5)26-21-18-9-15(12-32-6)27-29(18)8-7-24-21/h7-9,11,14,16,19H,10,12-13H2,1-6H3,(H,24,26)(H,25,31). The van der Waals surface area contributed by atoms with Crippen molar-refractivity contribution in [3.63, 3.8) is 0 Å². The number of carbonyl (C=O) groups excluding carboxylic acids is 1. The average molecular weight is 472 g/mol. The summed E-state index contributed by atoms with van der Waals surface area (Å²) in [5, 5.41) is 15.5. The van der Waals surface area contributed by atoms with Crippen LogP contribution in [-0.2, 0) is 26.4 Å². The Morgan fingerprint density at radius 2 is 2.09 bits per heavy atom. The Kier molecular flexibility index (Phi) is 6.76. The van der Waals surface area contributed by atoms with Crippen LogP contribution >= 0.6 is 0 Å². The van der Waals surface area contributed by atoms with E-state index in [9.17, 15) is 4.79 Å². The first kappa shape index (κ1) is 24.0. The maximum absolute atomic E-state index is 12.0. The van der Waals surface area contributed by atoms with E-state index >= 15 is 0 Å². The number of methoxy groups -OCH3 is 1. The van der Waals surface area contributed by atoms with Gasteiger partial charge in [0.25, 0.3) is 0 Å². The SMILES string of the molecule is COCc1cc2c(Nc3cc(C4CC(OC(=O)NC(C)C)CO4)nn3C(C)(C)C)nccn2n1. The number of hydrogen-bond acceptors (Lipinski definition) is 8. The van der Waals surface area contributed by atoms with Crippen molar-refractivity contribution in [2.75, 3.05) is 19.0 Å². The molecule has 1 saturated heterocycles. The maximum atomic E-state index is 12.0. The summed E-state index contributed by atoms with van der Waals surface area (Å²) in [6.45, 7) is 10.8. The van der Waals surface area contributed by atoms with Crippen LogP contribution in [0.2, 0.25) is 0 Å². The predicted molar refractivity (Wildman–Crippen MR) is 126 cm³/mol. The molecular weight excluding hydrogens is 438 g/mol. The van der Waals surface area contributed by atoms with Gasteiger partial charge in [0.05, 0.1) is 30.1 Å². The minimum absolute atomic E-state index is 0.0150. The Hall–Kier alpha value is -3.18. The lowest BCUT2D eigenvalue weighted by Crippen LogP contribution is -2.33. The molecular formula is C23H33N7O4. The number of rotatable bonds is 7. The predicted octanol–water partition coefficient (Wildman–Crippen LogP) is 3.54. The fourth-order valence-corrected chi connectivity index (χ4v) is 3.87. The summed E-state index contributed by atoms with van der Waals surface area (Å²) in [4.78, 5) is 16.5. The molecule has 1 aliphatic heterocycles. The Morgan fingerprint density at radius 1 is 1.29 bits per heavy atom. The zero-order chi connectivity index (χ0) is 24.5. The Balaban J connectivity index is 1.56. The summed E-state index contributed by atoms with van der Waals surface area (Å²) in [6.07, 6.45) is 3.02. The summed E-state index contributed by atoms with van der Waals surface area (Å²) >= 11 is 0. The fraction of sp³-hybridized carbons (Fsp3) is 0.565. The Labute approximate surface area is 198 Å². The molecule has 3 aromatic rings. The van der Waals surface area contributed by atoms with E-state index in [1.165, 1.54) is 0 Å². The highest BCUT2D eigenvalue weighted by Crippen LogP contribution is 2.34. The van der Waals surface area contributed by atoms with Crippen molar-refractivity contribution in [3.05, 3.63) is 35.9 Å². The fourth-order valence-electron chi connectivity index (χ4n) is 3.87. The first-order chi connectivity index (χ1) is 16.1. The van der Waals surface area contributed by atoms with Crippen LogP contribution in [0, 0.1) is 0 Å². The maximum Gasteiger partial charge on any atom is 0.407 e. The van der Waals surface area contributed by atoms with Crippen molar-refractivity contribution in [1.82, 2.24) is 29.7 Å². The molecule has 2 unspecified atom stereocenters. The van der Waals surface area contributed by atoms with Gasteiger partial charge in [-0.15, -0.1) is 0 Å². The summed E-state index contributed by atoms with van der Waals surface area (Å²) in [5.41, 5.74) is 2.13. The number of fused-ring (bicyclic) bond motifs is 1. The molecule has 1 aliphatic rings. The smallest absolute Gasteiger partial charge is 0.407 e. The third-order valence-electron chi connectivity index (χ3n) is 5.31. The van der Waals surface area contributed by atoms with E-state index in [4.69, 9.17) is 19.3 Å². The van der Waals surface area contributed by atoms with Crippen molar-refractivity contribution >= 4 is 23.2 Å². The molecule has 0 saturated carbocycles. The molecule has 34 heavy (non-hydrogen) atoms. The van der Waals surface area contributed by atoms with Crippen molar-refractivity contribution < 1.29 is 19.0 Å². The van der Waals surface area contributed by atoms with Gasteiger partial charge in [-0.3, -0.25) is 0 Å². The summed E-state index contributed by atoms with van der Waals surface area (Å²) in [7, 11) is 1.64. The first-order valence-electron chi connectivity index (χ1n) is 11.4. The van der Waals surface area contributed by atoms with Gasteiger partial charge in [0, 0.05) is 38.0 Å². The van der Waals surface area contributed by atoms with Gasteiger partial charge < -0.3 is 24.8 Å². The molecule has 1 amide bonds. The van der Waals surface area contributed by atoms with E-state index in [1.54, 1.807) is 24.0 Å². The third kappa shape index (κ3) is 5.31. The Morgan fingerprint density at radius 3 is 2.79 bits per heavy atom. The van der Waals surface area contributed by atoms with Crippen LogP contribution in [0.4, 0.5) is 16.4 Å². The highest BCUT2D eigenvalue weighted by atomic mass is 16.6. The molecule has 4 rings (SSSR count). The zero-order valence-electron chi connectivity index (χ0n) is 20.5. The van der Waals surface area contributed by atoms with Gasteiger partial charge in [-0.2, -0.15) is 10.2 Å². The van der Waals surface area contributed by atoms with E-state index in [-0.39, 0.29) is 23.8 Å². The molecule has 3 aromatic heterocycles. The van der Waals surface area contributed by atoms with Gasteiger partial charge in [-0.05, 0) is 40.7 Å². The number of amides is 1. The van der Waals surface area contributed by atoms with Crippen molar-refractivity contribution in [2.24, 2.45) is 0 Å². The number of alkyl carbamates (subject to hydrolysis) is 1. The number of nitrogens with one attached hydrogen (secondary N) is 2. The number of ether oxygens (including phenoxy) is 3. The van der Waals surface area contributed by atoms with E-state index in [0.717, 1.165) is 22.7 Å². The topological polar surface area (TPSA) is 117 Å². The lowest BCUT2D eigenvalue weighted by molar-refractivity contribution is 0.0679. The first-order valence-corrected chi connectivity index (χ1v) is 11.4. The average Bonchev–Trinajstić information content (AvgIpc) is 3.45. The van der Waals surface area contributed by atoms with E-state index in [0.29, 0.717) is 25.5 Å². The molecule has 0 bridgehead atoms. The number of anilines is 2. The van der Waals surface area contributed by atoms with Crippen LogP contribution in [0.1, 0.15) is 58.5 Å². The number of hydrogen-bond donors (Lipinski definition) is 2. The van der Waals surface area contributed by atoms with Gasteiger partial charge in [-0.1, -0.05) is 0 Å². The van der Waals surface area contributed by atoms with Crippen LogP contribution in [-0.4, -0.2) is 56.3 Å². The second kappa shape index (κ2) is 9.59. The number of carbonyl (C=O) groups is 1. The van der Waals surface area contributed by atoms with Gasteiger partial charge >= 0.3 is 6.09 Å². The molecule has 11 heteroatoms. The summed E-state index contributed by atoms with van der Waals surface area (Å²) in [5.74, 6) is 1.44. The van der Waals surface area contributed by atoms with Crippen LogP contribution in [0.25, 0.3) is 5.52 Å². The molecule has 1 fully saturated rings. The van der Waals surface area contributed by atoms with Crippen LogP contribution in [0.15, 0.2) is 24.5 Å². The van der Waals surface area contributed by atoms with Gasteiger partial charge in [0.1, 0.15) is 23.5 Å². The van der Waals surface area contributed by atoms with Crippen molar-refractivity contribution in [1.29, 1.82) is 0 Å². The normalized spacial score (nSPS) is 18.6. The molecule has 2 atom stereocenters. The van der Waals surface area contributed by atoms with Gasteiger partial charge in [0.15, 0.2) is 5.82 Å². The van der Waals surface area contributed by atoms with E-state index in [1.807, 2.05) is 30.7 Å². The molecule has 0 spiro atoms. The molecule has 0 radical (unpaired) electrons. The van der Waals surface area contributed by atoms with Crippen molar-refractivity contribution in [3.8, 4) is 0 Å². The second-order valence-corrected chi connectivity index (χ2v) is 9.72. The molecule has 11 nitrogen and oxygen atoms in total. The van der Waals surface area contributed by atoms with Gasteiger partial charge in [-0.25, -0.2) is 19.0 Å². The monoisotopic (exact) mass is 471 g/mol. The number of aromatic nitrogens is 5. The highest BCUT2D eigenvalue weighted by Gasteiger charge is 2.33. The molecule has 4 heterocycles. The Bertz CT molecular complexity index is 1150. The van der Waals surface area contributed by atoms with Crippen LogP contribution < -0.4 is 10.6 Å². The zero-order valence-corrected chi connectivity index (χ0v) is 20.5. The molecule has 2 N–H and O–H groups in total. The van der Waals surface area contributed by atoms with Gasteiger partial charge in [0.2, 0.25) is 0 Å². The highest BCUT2D eigenvalue weighted by molar-refractivity contribution is 5.72. The van der Waals surface area contributed by atoms with Crippen LogP contribution in [0.3, 0.4) is 0 Å².